The highest BCUT2D eigenvalue weighted by atomic mass is 16.3. The SMILES string of the molecule is C[N+]1(C)CC[C@@]2(c3cccc(O)c3)C[C@H](NC(=O)c3ccc4ccccc4c3)CC[C@]2(O)C1. The summed E-state index contributed by atoms with van der Waals surface area (Å²) in [6, 6.07) is 21.1. The molecule has 5 heteroatoms. The van der Waals surface area contributed by atoms with E-state index in [2.05, 4.69) is 19.4 Å². The first kappa shape index (κ1) is 21.9. The first-order valence-corrected chi connectivity index (χ1v) is 11.8. The molecule has 1 amide bonds. The van der Waals surface area contributed by atoms with E-state index in [-0.39, 0.29) is 17.7 Å². The highest BCUT2D eigenvalue weighted by Crippen LogP contribution is 2.52. The van der Waals surface area contributed by atoms with Crippen molar-refractivity contribution in [1.82, 2.24) is 5.32 Å². The van der Waals surface area contributed by atoms with E-state index < -0.39 is 11.0 Å². The van der Waals surface area contributed by atoms with Gasteiger partial charge in [-0.2, -0.15) is 0 Å². The van der Waals surface area contributed by atoms with E-state index in [1.807, 2.05) is 54.6 Å². The van der Waals surface area contributed by atoms with Crippen molar-refractivity contribution in [3.8, 4) is 5.75 Å². The maximum atomic E-state index is 13.2. The molecular weight excluding hydrogens is 412 g/mol. The van der Waals surface area contributed by atoms with Gasteiger partial charge in [0.1, 0.15) is 17.9 Å². The summed E-state index contributed by atoms with van der Waals surface area (Å²) < 4.78 is 0.769. The molecule has 2 fully saturated rings. The van der Waals surface area contributed by atoms with Crippen LogP contribution >= 0.6 is 0 Å². The summed E-state index contributed by atoms with van der Waals surface area (Å²) >= 11 is 0. The number of amides is 1. The zero-order valence-corrected chi connectivity index (χ0v) is 19.4. The van der Waals surface area contributed by atoms with Gasteiger partial charge >= 0.3 is 0 Å². The highest BCUT2D eigenvalue weighted by molar-refractivity contribution is 5.98. The van der Waals surface area contributed by atoms with E-state index >= 15 is 0 Å². The largest absolute Gasteiger partial charge is 0.508 e. The number of nitrogens with zero attached hydrogens (tertiary/aromatic N) is 1. The van der Waals surface area contributed by atoms with E-state index in [0.29, 0.717) is 24.9 Å². The zero-order valence-electron chi connectivity index (χ0n) is 19.4. The van der Waals surface area contributed by atoms with Gasteiger partial charge in [-0.05, 0) is 59.9 Å². The molecule has 1 aliphatic heterocycles. The normalized spacial score (nSPS) is 28.8. The third-order valence-electron chi connectivity index (χ3n) is 7.97. The molecule has 5 rings (SSSR count). The van der Waals surface area contributed by atoms with Crippen molar-refractivity contribution in [2.24, 2.45) is 0 Å². The second kappa shape index (κ2) is 7.86. The number of aliphatic hydroxyl groups is 1. The molecule has 0 unspecified atom stereocenters. The van der Waals surface area contributed by atoms with Crippen molar-refractivity contribution in [2.75, 3.05) is 27.2 Å². The molecule has 0 bridgehead atoms. The van der Waals surface area contributed by atoms with Gasteiger partial charge < -0.3 is 20.0 Å². The molecule has 0 radical (unpaired) electrons. The molecule has 172 valence electrons. The Morgan fingerprint density at radius 1 is 1.00 bits per heavy atom. The van der Waals surface area contributed by atoms with Gasteiger partial charge in [0.25, 0.3) is 5.91 Å². The van der Waals surface area contributed by atoms with Crippen molar-refractivity contribution in [1.29, 1.82) is 0 Å². The summed E-state index contributed by atoms with van der Waals surface area (Å²) in [5.74, 6) is 0.139. The molecule has 1 saturated carbocycles. The zero-order chi connectivity index (χ0) is 23.3. The molecule has 5 nitrogen and oxygen atoms in total. The van der Waals surface area contributed by atoms with Gasteiger partial charge in [-0.25, -0.2) is 0 Å². The van der Waals surface area contributed by atoms with Crippen LogP contribution < -0.4 is 5.32 Å². The molecule has 0 aromatic heterocycles. The number of quaternary nitrogens is 1. The highest BCUT2D eigenvalue weighted by Gasteiger charge is 2.60. The lowest BCUT2D eigenvalue weighted by atomic mass is 9.55. The Morgan fingerprint density at radius 2 is 1.79 bits per heavy atom. The smallest absolute Gasteiger partial charge is 0.251 e. The minimum absolute atomic E-state index is 0.0414. The molecule has 1 saturated heterocycles. The predicted octanol–water partition coefficient (Wildman–Crippen LogP) is 3.98. The van der Waals surface area contributed by atoms with Gasteiger partial charge in [-0.15, -0.1) is 0 Å². The molecule has 3 aromatic rings. The maximum Gasteiger partial charge on any atom is 0.251 e. The molecule has 2 aliphatic rings. The Hall–Kier alpha value is -2.89. The number of hydrogen-bond donors (Lipinski definition) is 3. The number of phenols is 1. The summed E-state index contributed by atoms with van der Waals surface area (Å²) in [7, 11) is 4.33. The van der Waals surface area contributed by atoms with Crippen molar-refractivity contribution in [3.63, 3.8) is 0 Å². The number of aromatic hydroxyl groups is 1. The number of likely N-dealkylation sites (tertiary alicyclic amines) is 1. The maximum absolute atomic E-state index is 13.2. The van der Waals surface area contributed by atoms with Crippen LogP contribution in [0.3, 0.4) is 0 Å². The first-order valence-electron chi connectivity index (χ1n) is 11.8. The Kier molecular flexibility index (Phi) is 5.22. The van der Waals surface area contributed by atoms with E-state index in [4.69, 9.17) is 0 Å². The lowest BCUT2D eigenvalue weighted by Crippen LogP contribution is -2.70. The van der Waals surface area contributed by atoms with Gasteiger partial charge in [0.05, 0.1) is 20.6 Å². The number of nitrogens with one attached hydrogen (secondary N) is 1. The van der Waals surface area contributed by atoms with Crippen LogP contribution in [0.25, 0.3) is 10.8 Å². The van der Waals surface area contributed by atoms with Crippen molar-refractivity contribution < 1.29 is 19.5 Å². The summed E-state index contributed by atoms with van der Waals surface area (Å²) in [5, 5.41) is 27.6. The lowest BCUT2D eigenvalue weighted by Gasteiger charge is -2.58. The van der Waals surface area contributed by atoms with Crippen LogP contribution in [-0.2, 0) is 5.41 Å². The van der Waals surface area contributed by atoms with E-state index in [1.165, 1.54) is 0 Å². The number of piperidine rings is 1. The summed E-state index contributed by atoms with van der Waals surface area (Å²) in [5.41, 5.74) is 0.239. The molecule has 3 atom stereocenters. The first-order chi connectivity index (χ1) is 15.7. The quantitative estimate of drug-likeness (QED) is 0.534. The Bertz CT molecular complexity index is 1210. The fourth-order valence-electron chi connectivity index (χ4n) is 6.27. The number of fused-ring (bicyclic) bond motifs is 2. The topological polar surface area (TPSA) is 69.6 Å². The minimum Gasteiger partial charge on any atom is -0.508 e. The second-order valence-electron chi connectivity index (χ2n) is 10.7. The summed E-state index contributed by atoms with van der Waals surface area (Å²) in [4.78, 5) is 13.2. The number of rotatable bonds is 3. The third kappa shape index (κ3) is 3.90. The molecule has 0 spiro atoms. The van der Waals surface area contributed by atoms with Crippen LogP contribution in [0, 0.1) is 0 Å². The lowest BCUT2D eigenvalue weighted by molar-refractivity contribution is -0.905. The van der Waals surface area contributed by atoms with Crippen molar-refractivity contribution in [2.45, 2.75) is 42.7 Å². The van der Waals surface area contributed by atoms with Crippen molar-refractivity contribution >= 4 is 16.7 Å². The van der Waals surface area contributed by atoms with Crippen LogP contribution in [0.4, 0.5) is 0 Å². The molecule has 1 aliphatic carbocycles. The van der Waals surface area contributed by atoms with Crippen LogP contribution in [0.2, 0.25) is 0 Å². The van der Waals surface area contributed by atoms with Crippen LogP contribution in [0.1, 0.15) is 41.6 Å². The monoisotopic (exact) mass is 445 g/mol. The van der Waals surface area contributed by atoms with Gasteiger partial charge in [0, 0.05) is 23.4 Å². The predicted molar refractivity (Wildman–Crippen MR) is 130 cm³/mol. The van der Waals surface area contributed by atoms with E-state index in [9.17, 15) is 15.0 Å². The van der Waals surface area contributed by atoms with Crippen molar-refractivity contribution in [3.05, 3.63) is 77.9 Å². The molecule has 33 heavy (non-hydrogen) atoms. The average Bonchev–Trinajstić information content (AvgIpc) is 2.78. The summed E-state index contributed by atoms with van der Waals surface area (Å²) in [6.45, 7) is 1.59. The standard InChI is InChI=1S/C28H32N2O3/c1-30(2)15-14-27(23-8-5-9-25(31)17-23)18-24(12-13-28(27,33)19-30)29-26(32)22-11-10-20-6-3-4-7-21(20)16-22/h3-11,16-17,24,33H,12-15,18-19H2,1-2H3,(H-,29,31,32)/p+1/t24-,27+,28+/m1/s1. The fourth-order valence-corrected chi connectivity index (χ4v) is 6.27. The Balaban J connectivity index is 1.44. The average molecular weight is 446 g/mol. The fraction of sp³-hybridized carbons (Fsp3) is 0.393. The molecule has 1 heterocycles. The third-order valence-corrected chi connectivity index (χ3v) is 7.97. The number of hydrogen-bond acceptors (Lipinski definition) is 3. The molecule has 3 aromatic carbocycles. The Morgan fingerprint density at radius 3 is 2.58 bits per heavy atom. The number of benzene rings is 3. The summed E-state index contributed by atoms with van der Waals surface area (Å²) in [6.07, 6.45) is 2.82. The van der Waals surface area contributed by atoms with Crippen LogP contribution in [-0.4, -0.2) is 59.4 Å². The van der Waals surface area contributed by atoms with Gasteiger partial charge in [-0.3, -0.25) is 4.79 Å². The number of likely N-dealkylation sites (N-methyl/N-ethyl adjacent to an activating group) is 1. The van der Waals surface area contributed by atoms with Crippen LogP contribution in [0.15, 0.2) is 66.7 Å². The van der Waals surface area contributed by atoms with Crippen LogP contribution in [0.5, 0.6) is 5.75 Å². The van der Waals surface area contributed by atoms with Gasteiger partial charge in [0.15, 0.2) is 0 Å². The second-order valence-corrected chi connectivity index (χ2v) is 10.7. The minimum atomic E-state index is -0.882. The number of phenolic OH excluding ortho intramolecular Hbond substituents is 1. The van der Waals surface area contributed by atoms with E-state index in [1.54, 1.807) is 12.1 Å². The van der Waals surface area contributed by atoms with Gasteiger partial charge in [-0.1, -0.05) is 42.5 Å². The molecular formula is C28H33N2O3+. The van der Waals surface area contributed by atoms with Gasteiger partial charge in [0.2, 0.25) is 0 Å². The van der Waals surface area contributed by atoms with E-state index in [0.717, 1.165) is 40.2 Å². The number of carbonyl (C=O) groups excluding carboxylic acids is 1. The molecule has 3 N–H and O–H groups in total. The Labute approximate surface area is 195 Å². The number of carbonyl (C=O) groups is 1.